The molecular weight excluding hydrogens is 551 g/mol. The van der Waals surface area contributed by atoms with Crippen molar-refractivity contribution in [1.82, 2.24) is 4.57 Å². The van der Waals surface area contributed by atoms with Crippen molar-refractivity contribution in [2.24, 2.45) is 5.92 Å². The van der Waals surface area contributed by atoms with E-state index in [1.807, 2.05) is 0 Å². The van der Waals surface area contributed by atoms with Crippen molar-refractivity contribution in [2.75, 3.05) is 13.2 Å². The summed E-state index contributed by atoms with van der Waals surface area (Å²) < 4.78 is 8.89. The highest BCUT2D eigenvalue weighted by Gasteiger charge is 2.39. The van der Waals surface area contributed by atoms with Crippen molar-refractivity contribution in [3.8, 4) is 11.1 Å². The quantitative estimate of drug-likeness (QED) is 0.184. The Hall–Kier alpha value is -1.68. The lowest BCUT2D eigenvalue weighted by molar-refractivity contribution is -0.00479. The molecule has 0 heterocycles. The predicted molar refractivity (Wildman–Crippen MR) is 198 cm³/mol. The third kappa shape index (κ3) is 9.43. The van der Waals surface area contributed by atoms with Crippen LogP contribution in [0.4, 0.5) is 0 Å². The average Bonchev–Trinajstić information content (AvgIpc) is 3.27. The molecule has 0 aromatic heterocycles. The van der Waals surface area contributed by atoms with Gasteiger partial charge in [0.05, 0.1) is 5.60 Å². The molecule has 1 aliphatic rings. The fourth-order valence-electron chi connectivity index (χ4n) is 6.86. The molecule has 2 aromatic carbocycles. The topological polar surface area (TPSA) is 12.5 Å². The van der Waals surface area contributed by atoms with Gasteiger partial charge < -0.3 is 9.30 Å². The standard InChI is InChI=1S/C41H67NOSi/c1-29(2)35-28-36-33(30-25-31(38(3,4)5)27-32(26-30)39(6,7)8)21-20-22-34(36)37(35)44(15)42(40(9,10)11)23-18-16-17-19-24-43-41(12,13)14/h20-22,25-29,37,44H,16-19,23-24H2,1-15H3. The van der Waals surface area contributed by atoms with Gasteiger partial charge in [0.1, 0.15) is 8.96 Å². The number of ether oxygens (including phenoxy) is 1. The summed E-state index contributed by atoms with van der Waals surface area (Å²) in [5, 5.41) is 0. The molecule has 0 amide bonds. The summed E-state index contributed by atoms with van der Waals surface area (Å²) in [5.41, 5.74) is 11.2. The Balaban J connectivity index is 1.96. The van der Waals surface area contributed by atoms with Gasteiger partial charge in [0.15, 0.2) is 0 Å². The summed E-state index contributed by atoms with van der Waals surface area (Å²) in [7, 11) is -1.38. The fourth-order valence-corrected chi connectivity index (χ4v) is 10.9. The van der Waals surface area contributed by atoms with Crippen molar-refractivity contribution >= 4 is 15.0 Å². The number of allylic oxidation sites excluding steroid dienone is 1. The molecule has 0 radical (unpaired) electrons. The number of fused-ring (bicyclic) bond motifs is 1. The number of hydrogen-bond donors (Lipinski definition) is 0. The molecule has 0 saturated heterocycles. The molecule has 0 bridgehead atoms. The van der Waals surface area contributed by atoms with Gasteiger partial charge in [0, 0.05) is 17.7 Å². The van der Waals surface area contributed by atoms with Crippen LogP contribution in [0.5, 0.6) is 0 Å². The van der Waals surface area contributed by atoms with E-state index in [1.54, 1.807) is 11.1 Å². The van der Waals surface area contributed by atoms with Gasteiger partial charge in [-0.1, -0.05) is 123 Å². The number of rotatable bonds is 11. The first-order chi connectivity index (χ1) is 20.1. The molecule has 2 aromatic rings. The molecule has 44 heavy (non-hydrogen) atoms. The number of benzene rings is 2. The maximum Gasteiger partial charge on any atom is 0.120 e. The zero-order chi connectivity index (χ0) is 33.3. The number of nitrogens with zero attached hydrogens (tertiary/aromatic N) is 1. The minimum Gasteiger partial charge on any atom is -0.376 e. The molecule has 0 spiro atoms. The van der Waals surface area contributed by atoms with E-state index in [1.165, 1.54) is 53.6 Å². The summed E-state index contributed by atoms with van der Waals surface area (Å²) in [6, 6.07) is 14.5. The lowest BCUT2D eigenvalue weighted by Gasteiger charge is -2.43. The molecule has 3 heteroatoms. The van der Waals surface area contributed by atoms with Crippen molar-refractivity contribution in [3.05, 3.63) is 64.2 Å². The Kier molecular flexibility index (Phi) is 11.7. The third-order valence-electron chi connectivity index (χ3n) is 9.45. The smallest absolute Gasteiger partial charge is 0.120 e. The van der Waals surface area contributed by atoms with E-state index in [0.717, 1.165) is 13.0 Å². The Bertz CT molecular complexity index is 1240. The molecule has 1 aliphatic carbocycles. The lowest BCUT2D eigenvalue weighted by atomic mass is 9.78. The third-order valence-corrected chi connectivity index (χ3v) is 13.2. The van der Waals surface area contributed by atoms with Crippen molar-refractivity contribution in [1.29, 1.82) is 0 Å². The maximum absolute atomic E-state index is 5.96. The van der Waals surface area contributed by atoms with Crippen LogP contribution in [-0.2, 0) is 15.6 Å². The first-order valence-corrected chi connectivity index (χ1v) is 19.9. The van der Waals surface area contributed by atoms with E-state index in [9.17, 15) is 0 Å². The second-order valence-corrected chi connectivity index (χ2v) is 20.6. The van der Waals surface area contributed by atoms with E-state index in [0.29, 0.717) is 11.5 Å². The van der Waals surface area contributed by atoms with Crippen LogP contribution in [0, 0.1) is 5.92 Å². The van der Waals surface area contributed by atoms with Crippen LogP contribution < -0.4 is 0 Å². The Morgan fingerprint density at radius 2 is 1.34 bits per heavy atom. The van der Waals surface area contributed by atoms with E-state index in [-0.39, 0.29) is 22.0 Å². The van der Waals surface area contributed by atoms with Gasteiger partial charge in [-0.15, -0.1) is 0 Å². The van der Waals surface area contributed by atoms with Gasteiger partial charge in [-0.3, -0.25) is 0 Å². The van der Waals surface area contributed by atoms with Crippen LogP contribution in [0.3, 0.4) is 0 Å². The van der Waals surface area contributed by atoms with Crippen molar-refractivity contribution in [3.63, 3.8) is 0 Å². The summed E-state index contributed by atoms with van der Waals surface area (Å²) in [6.45, 7) is 37.3. The molecule has 0 N–H and O–H groups in total. The maximum atomic E-state index is 5.96. The molecule has 2 nitrogen and oxygen atoms in total. The summed E-state index contributed by atoms with van der Waals surface area (Å²) in [5.74, 6) is 0.533. The van der Waals surface area contributed by atoms with E-state index < -0.39 is 8.96 Å². The average molecular weight is 618 g/mol. The van der Waals surface area contributed by atoms with Crippen LogP contribution >= 0.6 is 0 Å². The highest BCUT2D eigenvalue weighted by molar-refractivity contribution is 6.57. The molecule has 2 unspecified atom stereocenters. The monoisotopic (exact) mass is 617 g/mol. The van der Waals surface area contributed by atoms with Crippen LogP contribution in [0.25, 0.3) is 17.2 Å². The summed E-state index contributed by atoms with van der Waals surface area (Å²) in [6.07, 6.45) is 7.55. The normalized spacial score (nSPS) is 16.9. The highest BCUT2D eigenvalue weighted by atomic mass is 28.3. The van der Waals surface area contributed by atoms with Crippen LogP contribution in [0.15, 0.2) is 42.0 Å². The largest absolute Gasteiger partial charge is 0.376 e. The van der Waals surface area contributed by atoms with Gasteiger partial charge in [-0.2, -0.15) is 0 Å². The van der Waals surface area contributed by atoms with Gasteiger partial charge in [-0.25, -0.2) is 0 Å². The van der Waals surface area contributed by atoms with E-state index >= 15 is 0 Å². The van der Waals surface area contributed by atoms with Crippen molar-refractivity contribution in [2.45, 2.75) is 157 Å². The molecule has 2 atom stereocenters. The summed E-state index contributed by atoms with van der Waals surface area (Å²) >= 11 is 0. The van der Waals surface area contributed by atoms with Gasteiger partial charge in [-0.05, 0) is 111 Å². The van der Waals surface area contributed by atoms with Crippen LogP contribution in [0.2, 0.25) is 6.55 Å². The van der Waals surface area contributed by atoms with E-state index in [4.69, 9.17) is 4.74 Å². The van der Waals surface area contributed by atoms with E-state index in [2.05, 4.69) is 151 Å². The fraction of sp³-hybridized carbons (Fsp3) is 0.659. The first-order valence-electron chi connectivity index (χ1n) is 17.5. The van der Waals surface area contributed by atoms with Crippen LogP contribution in [-0.4, -0.2) is 37.8 Å². The van der Waals surface area contributed by atoms with Gasteiger partial charge in [0.25, 0.3) is 0 Å². The zero-order valence-electron chi connectivity index (χ0n) is 31.4. The Morgan fingerprint density at radius 3 is 1.84 bits per heavy atom. The lowest BCUT2D eigenvalue weighted by Crippen LogP contribution is -2.53. The zero-order valence-corrected chi connectivity index (χ0v) is 32.5. The molecule has 246 valence electrons. The van der Waals surface area contributed by atoms with Gasteiger partial charge >= 0.3 is 0 Å². The molecular formula is C41H67NOSi. The second-order valence-electron chi connectivity index (χ2n) is 17.9. The Labute approximate surface area is 274 Å². The first kappa shape index (κ1) is 36.8. The van der Waals surface area contributed by atoms with Crippen LogP contribution in [0.1, 0.15) is 150 Å². The molecule has 0 saturated carbocycles. The highest BCUT2D eigenvalue weighted by Crippen LogP contribution is 2.47. The molecule has 0 aliphatic heterocycles. The SMILES string of the molecule is CC(C)C1=Cc2c(-c3cc(C(C)(C)C)cc(C(C)(C)C)c3)cccc2C1[SiH](C)N(CCCCCCOC(C)(C)C)C(C)(C)C. The minimum absolute atomic E-state index is 0.0343. The Morgan fingerprint density at radius 1 is 0.773 bits per heavy atom. The number of hydrogen-bond acceptors (Lipinski definition) is 2. The molecule has 0 fully saturated rings. The second kappa shape index (κ2) is 14.0. The summed E-state index contributed by atoms with van der Waals surface area (Å²) in [4.78, 5) is 0. The molecule has 3 rings (SSSR count). The minimum atomic E-state index is -1.38. The van der Waals surface area contributed by atoms with Gasteiger partial charge in [0.2, 0.25) is 0 Å². The number of unbranched alkanes of at least 4 members (excludes halogenated alkanes) is 3. The predicted octanol–water partition coefficient (Wildman–Crippen LogP) is 11.5. The van der Waals surface area contributed by atoms with Crippen molar-refractivity contribution < 1.29 is 4.74 Å².